The van der Waals surface area contributed by atoms with E-state index in [-0.39, 0.29) is 5.88 Å². The van der Waals surface area contributed by atoms with E-state index in [4.69, 9.17) is 11.6 Å². The first-order valence-electron chi connectivity index (χ1n) is 5.89. The highest BCUT2D eigenvalue weighted by molar-refractivity contribution is 7.89. The molecule has 18 heavy (non-hydrogen) atoms. The molecule has 4 nitrogen and oxygen atoms in total. The fourth-order valence-corrected chi connectivity index (χ4v) is 3.40. The minimum atomic E-state index is -3.35. The second-order valence-corrected chi connectivity index (χ2v) is 6.87. The number of sulfonamides is 1. The number of alkyl halides is 1. The Kier molecular flexibility index (Phi) is 5.56. The lowest BCUT2D eigenvalue weighted by molar-refractivity contribution is 0.413. The summed E-state index contributed by atoms with van der Waals surface area (Å²) >= 11 is 5.64. The van der Waals surface area contributed by atoms with Crippen LogP contribution in [-0.4, -0.2) is 35.4 Å². The topological polar surface area (TPSA) is 50.3 Å². The van der Waals surface area contributed by atoms with Crippen LogP contribution < -0.4 is 0 Å². The van der Waals surface area contributed by atoms with Gasteiger partial charge in [0.05, 0.1) is 17.5 Å². The van der Waals surface area contributed by atoms with E-state index in [0.717, 1.165) is 11.4 Å². The molecule has 1 heterocycles. The van der Waals surface area contributed by atoms with E-state index in [0.29, 0.717) is 13.1 Å². The summed E-state index contributed by atoms with van der Waals surface area (Å²) in [6.45, 7) is 6.03. The van der Waals surface area contributed by atoms with Gasteiger partial charge < -0.3 is 0 Å². The number of nitrogens with zero attached hydrogens (tertiary/aromatic N) is 2. The third-order valence-electron chi connectivity index (χ3n) is 2.72. The van der Waals surface area contributed by atoms with Crippen LogP contribution in [0.4, 0.5) is 0 Å². The Balaban J connectivity index is 2.92. The van der Waals surface area contributed by atoms with Gasteiger partial charge in [-0.3, -0.25) is 4.98 Å². The van der Waals surface area contributed by atoms with Gasteiger partial charge in [-0.1, -0.05) is 13.0 Å². The van der Waals surface area contributed by atoms with E-state index < -0.39 is 15.3 Å². The highest BCUT2D eigenvalue weighted by Crippen LogP contribution is 2.14. The zero-order valence-corrected chi connectivity index (χ0v) is 12.5. The molecule has 0 amide bonds. The van der Waals surface area contributed by atoms with E-state index in [9.17, 15) is 8.42 Å². The van der Waals surface area contributed by atoms with Crippen molar-refractivity contribution in [3.63, 3.8) is 0 Å². The Morgan fingerprint density at radius 1 is 1.44 bits per heavy atom. The van der Waals surface area contributed by atoms with Gasteiger partial charge in [0, 0.05) is 18.1 Å². The number of halogens is 1. The van der Waals surface area contributed by atoms with Crippen LogP contribution in [0.1, 0.15) is 25.2 Å². The minimum absolute atomic E-state index is 0.0973. The first-order chi connectivity index (χ1) is 8.41. The average Bonchev–Trinajstić information content (AvgIpc) is 2.34. The van der Waals surface area contributed by atoms with Crippen molar-refractivity contribution in [1.82, 2.24) is 9.29 Å². The molecule has 1 unspecified atom stereocenters. The second kappa shape index (κ2) is 6.50. The monoisotopic (exact) mass is 290 g/mol. The summed E-state index contributed by atoms with van der Waals surface area (Å²) in [7, 11) is -3.35. The van der Waals surface area contributed by atoms with E-state index in [1.54, 1.807) is 6.92 Å². The predicted molar refractivity (Wildman–Crippen MR) is 74.2 cm³/mol. The summed E-state index contributed by atoms with van der Waals surface area (Å²) in [4.78, 5) is 4.32. The summed E-state index contributed by atoms with van der Waals surface area (Å²) in [5.41, 5.74) is 1.63. The first-order valence-corrected chi connectivity index (χ1v) is 7.93. The lowest BCUT2D eigenvalue weighted by Gasteiger charge is -2.23. The predicted octanol–water partition coefficient (Wildman–Crippen LogP) is 2.17. The van der Waals surface area contributed by atoms with E-state index in [1.807, 2.05) is 32.0 Å². The Morgan fingerprint density at radius 3 is 2.61 bits per heavy atom. The summed E-state index contributed by atoms with van der Waals surface area (Å²) < 4.78 is 25.8. The van der Waals surface area contributed by atoms with Gasteiger partial charge in [0.15, 0.2) is 0 Å². The molecule has 6 heteroatoms. The Labute approximate surface area is 114 Å². The molecule has 102 valence electrons. The van der Waals surface area contributed by atoms with Crippen molar-refractivity contribution < 1.29 is 8.42 Å². The van der Waals surface area contributed by atoms with Crippen molar-refractivity contribution >= 4 is 21.6 Å². The maximum Gasteiger partial charge on any atom is 0.218 e. The molecule has 0 saturated carbocycles. The molecule has 0 aromatic carbocycles. The number of aromatic nitrogens is 1. The normalized spacial score (nSPS) is 13.8. The molecule has 1 aromatic rings. The molecule has 0 bridgehead atoms. The molecule has 0 aliphatic carbocycles. The lowest BCUT2D eigenvalue weighted by Crippen LogP contribution is -2.38. The highest BCUT2D eigenvalue weighted by Gasteiger charge is 2.27. The van der Waals surface area contributed by atoms with Crippen LogP contribution in [0, 0.1) is 6.92 Å². The summed E-state index contributed by atoms with van der Waals surface area (Å²) in [6.07, 6.45) is 0. The molecule has 1 atom stereocenters. The van der Waals surface area contributed by atoms with Crippen molar-refractivity contribution in [2.75, 3.05) is 12.4 Å². The number of rotatable bonds is 6. The molecule has 0 spiro atoms. The quantitative estimate of drug-likeness (QED) is 0.755. The Hall–Kier alpha value is -0.650. The number of hydrogen-bond donors (Lipinski definition) is 0. The SMILES string of the molecule is CCN(Cc1cccc(C)n1)S(=O)(=O)C(C)CCl. The fraction of sp³-hybridized carbons (Fsp3) is 0.583. The van der Waals surface area contributed by atoms with Gasteiger partial charge >= 0.3 is 0 Å². The average molecular weight is 291 g/mol. The van der Waals surface area contributed by atoms with Crippen LogP contribution in [0.15, 0.2) is 18.2 Å². The van der Waals surface area contributed by atoms with Gasteiger partial charge in [-0.05, 0) is 26.0 Å². The van der Waals surface area contributed by atoms with Crippen molar-refractivity contribution in [1.29, 1.82) is 0 Å². The summed E-state index contributed by atoms with van der Waals surface area (Å²) in [6, 6.07) is 5.59. The van der Waals surface area contributed by atoms with Gasteiger partial charge in [-0.2, -0.15) is 4.31 Å². The van der Waals surface area contributed by atoms with Crippen LogP contribution in [0.25, 0.3) is 0 Å². The third kappa shape index (κ3) is 3.67. The van der Waals surface area contributed by atoms with Crippen molar-refractivity contribution in [3.8, 4) is 0 Å². The van der Waals surface area contributed by atoms with Gasteiger partial charge in [-0.25, -0.2) is 8.42 Å². The Morgan fingerprint density at radius 2 is 2.11 bits per heavy atom. The minimum Gasteiger partial charge on any atom is -0.257 e. The molecule has 0 fully saturated rings. The van der Waals surface area contributed by atoms with Gasteiger partial charge in [0.1, 0.15) is 0 Å². The molecular formula is C12H19ClN2O2S. The van der Waals surface area contributed by atoms with Crippen LogP contribution in [0.2, 0.25) is 0 Å². The smallest absolute Gasteiger partial charge is 0.218 e. The maximum atomic E-state index is 12.2. The molecule has 0 saturated heterocycles. The molecule has 1 rings (SSSR count). The van der Waals surface area contributed by atoms with Crippen LogP contribution in [0.5, 0.6) is 0 Å². The van der Waals surface area contributed by atoms with Crippen LogP contribution >= 0.6 is 11.6 Å². The standard InChI is InChI=1S/C12H19ClN2O2S/c1-4-15(18(16,17)11(3)8-13)9-12-7-5-6-10(2)14-12/h5-7,11H,4,8-9H2,1-3H3. The summed E-state index contributed by atoms with van der Waals surface area (Å²) in [5.74, 6) is 0.0973. The van der Waals surface area contributed by atoms with Gasteiger partial charge in [-0.15, -0.1) is 11.6 Å². The zero-order valence-electron chi connectivity index (χ0n) is 10.9. The number of hydrogen-bond acceptors (Lipinski definition) is 3. The van der Waals surface area contributed by atoms with E-state index in [1.165, 1.54) is 4.31 Å². The van der Waals surface area contributed by atoms with Crippen molar-refractivity contribution in [2.45, 2.75) is 32.6 Å². The van der Waals surface area contributed by atoms with E-state index in [2.05, 4.69) is 4.98 Å². The van der Waals surface area contributed by atoms with Crippen molar-refractivity contribution in [2.24, 2.45) is 0 Å². The number of aryl methyl sites for hydroxylation is 1. The molecule has 0 radical (unpaired) electrons. The van der Waals surface area contributed by atoms with Gasteiger partial charge in [0.2, 0.25) is 10.0 Å². The van der Waals surface area contributed by atoms with Crippen LogP contribution in [0.3, 0.4) is 0 Å². The molecule has 0 aliphatic heterocycles. The van der Waals surface area contributed by atoms with Crippen LogP contribution in [-0.2, 0) is 16.6 Å². The third-order valence-corrected chi connectivity index (χ3v) is 5.66. The maximum absolute atomic E-state index is 12.2. The fourth-order valence-electron chi connectivity index (χ4n) is 1.58. The molecule has 0 N–H and O–H groups in total. The Bertz CT molecular complexity index is 491. The largest absolute Gasteiger partial charge is 0.257 e. The first kappa shape index (κ1) is 15.4. The summed E-state index contributed by atoms with van der Waals surface area (Å²) in [5, 5.41) is -0.580. The van der Waals surface area contributed by atoms with Gasteiger partial charge in [0.25, 0.3) is 0 Å². The molecule has 0 aliphatic rings. The highest BCUT2D eigenvalue weighted by atomic mass is 35.5. The molecular weight excluding hydrogens is 272 g/mol. The van der Waals surface area contributed by atoms with Crippen molar-refractivity contribution in [3.05, 3.63) is 29.6 Å². The second-order valence-electron chi connectivity index (χ2n) is 4.21. The zero-order chi connectivity index (χ0) is 13.8. The lowest BCUT2D eigenvalue weighted by atomic mass is 10.3. The molecule has 1 aromatic heterocycles. The number of pyridine rings is 1. The van der Waals surface area contributed by atoms with E-state index >= 15 is 0 Å².